The molecular weight excluding hydrogens is 384 g/mol. The van der Waals surface area contributed by atoms with Gasteiger partial charge in [0.2, 0.25) is 0 Å². The van der Waals surface area contributed by atoms with E-state index in [4.69, 9.17) is 11.6 Å². The second kappa shape index (κ2) is 7.57. The van der Waals surface area contributed by atoms with Crippen LogP contribution in [0.15, 0.2) is 78.5 Å². The molecule has 0 unspecified atom stereocenters. The van der Waals surface area contributed by atoms with E-state index in [0.29, 0.717) is 27.4 Å². The van der Waals surface area contributed by atoms with E-state index in [-0.39, 0.29) is 11.6 Å². The monoisotopic (exact) mass is 402 g/mol. The number of nitrogens with zero attached hydrogens (tertiary/aromatic N) is 1. The fourth-order valence-electron chi connectivity index (χ4n) is 3.42. The summed E-state index contributed by atoms with van der Waals surface area (Å²) in [5.74, 6) is -0.773. The molecule has 3 aromatic rings. The van der Waals surface area contributed by atoms with Crippen LogP contribution in [-0.4, -0.2) is 11.8 Å². The maximum absolute atomic E-state index is 13.4. The van der Waals surface area contributed by atoms with Crippen molar-refractivity contribution >= 4 is 40.4 Å². The predicted molar refractivity (Wildman–Crippen MR) is 117 cm³/mol. The minimum Gasteiger partial charge on any atom is -0.350 e. The lowest BCUT2D eigenvalue weighted by atomic mass is 10.0. The molecule has 0 aliphatic carbocycles. The summed E-state index contributed by atoms with van der Waals surface area (Å²) in [6.45, 7) is 3.75. The SMILES string of the molecule is Cc1ccccc1NC1=C(c2ccccc2)C(=O)N(c2cccc(Cl)c2C)C1=O. The molecule has 5 heteroatoms. The van der Waals surface area contributed by atoms with Crippen LogP contribution in [0.5, 0.6) is 0 Å². The van der Waals surface area contributed by atoms with Gasteiger partial charge in [-0.1, -0.05) is 66.2 Å². The molecule has 0 fully saturated rings. The zero-order chi connectivity index (χ0) is 20.5. The molecule has 1 aliphatic heterocycles. The van der Waals surface area contributed by atoms with Crippen molar-refractivity contribution in [1.29, 1.82) is 0 Å². The Balaban J connectivity index is 1.87. The number of halogens is 1. The van der Waals surface area contributed by atoms with Crippen molar-refractivity contribution in [1.82, 2.24) is 0 Å². The molecule has 0 spiro atoms. The summed E-state index contributed by atoms with van der Waals surface area (Å²) < 4.78 is 0. The summed E-state index contributed by atoms with van der Waals surface area (Å²) in [7, 11) is 0. The van der Waals surface area contributed by atoms with E-state index in [9.17, 15) is 9.59 Å². The molecule has 0 radical (unpaired) electrons. The van der Waals surface area contributed by atoms with Gasteiger partial charge in [-0.15, -0.1) is 0 Å². The third-order valence-electron chi connectivity index (χ3n) is 5.03. The third kappa shape index (κ3) is 3.32. The fourth-order valence-corrected chi connectivity index (χ4v) is 3.59. The van der Waals surface area contributed by atoms with Crippen molar-refractivity contribution in [3.05, 3.63) is 100 Å². The third-order valence-corrected chi connectivity index (χ3v) is 5.44. The van der Waals surface area contributed by atoms with Crippen LogP contribution in [0.4, 0.5) is 11.4 Å². The minimum atomic E-state index is -0.400. The Labute approximate surface area is 174 Å². The molecule has 29 heavy (non-hydrogen) atoms. The number of benzene rings is 3. The fraction of sp³-hybridized carbons (Fsp3) is 0.0833. The number of rotatable bonds is 4. The van der Waals surface area contributed by atoms with Crippen molar-refractivity contribution in [2.75, 3.05) is 10.2 Å². The van der Waals surface area contributed by atoms with Crippen LogP contribution >= 0.6 is 11.6 Å². The summed E-state index contributed by atoms with van der Waals surface area (Å²) in [5.41, 5.74) is 4.21. The molecule has 0 saturated carbocycles. The summed E-state index contributed by atoms with van der Waals surface area (Å²) in [6, 6.07) is 22.1. The number of amides is 2. The van der Waals surface area contributed by atoms with Gasteiger partial charge >= 0.3 is 0 Å². The lowest BCUT2D eigenvalue weighted by Gasteiger charge is -2.18. The van der Waals surface area contributed by atoms with Crippen LogP contribution in [0.1, 0.15) is 16.7 Å². The summed E-state index contributed by atoms with van der Waals surface area (Å²) in [6.07, 6.45) is 0. The number of imide groups is 1. The highest BCUT2D eigenvalue weighted by molar-refractivity contribution is 6.46. The zero-order valence-corrected chi connectivity index (χ0v) is 16.8. The highest BCUT2D eigenvalue weighted by atomic mass is 35.5. The number of carbonyl (C=O) groups is 2. The number of hydrogen-bond donors (Lipinski definition) is 1. The number of nitrogens with one attached hydrogen (secondary N) is 1. The lowest BCUT2D eigenvalue weighted by molar-refractivity contribution is -0.120. The molecular formula is C24H19ClN2O2. The van der Waals surface area contributed by atoms with E-state index in [1.807, 2.05) is 61.5 Å². The second-order valence-electron chi connectivity index (χ2n) is 6.89. The first kappa shape index (κ1) is 19.0. The minimum absolute atomic E-state index is 0.259. The predicted octanol–water partition coefficient (Wildman–Crippen LogP) is 5.35. The first-order chi connectivity index (χ1) is 14.0. The van der Waals surface area contributed by atoms with Gasteiger partial charge in [-0.25, -0.2) is 4.90 Å². The maximum Gasteiger partial charge on any atom is 0.282 e. The molecule has 144 valence electrons. The van der Waals surface area contributed by atoms with E-state index in [1.54, 1.807) is 25.1 Å². The Morgan fingerprint density at radius 3 is 2.21 bits per heavy atom. The Morgan fingerprint density at radius 2 is 1.48 bits per heavy atom. The van der Waals surface area contributed by atoms with Crippen LogP contribution in [0.2, 0.25) is 5.02 Å². The zero-order valence-electron chi connectivity index (χ0n) is 16.1. The van der Waals surface area contributed by atoms with Crippen LogP contribution in [-0.2, 0) is 9.59 Å². The first-order valence-electron chi connectivity index (χ1n) is 9.25. The first-order valence-corrected chi connectivity index (χ1v) is 9.63. The van der Waals surface area contributed by atoms with Gasteiger partial charge in [-0.3, -0.25) is 9.59 Å². The average Bonchev–Trinajstić information content (AvgIpc) is 2.96. The number of hydrogen-bond acceptors (Lipinski definition) is 3. The van der Waals surface area contributed by atoms with E-state index >= 15 is 0 Å². The van der Waals surface area contributed by atoms with E-state index in [1.165, 1.54) is 4.90 Å². The number of aryl methyl sites for hydroxylation is 1. The van der Waals surface area contributed by atoms with Gasteiger partial charge < -0.3 is 5.32 Å². The molecule has 0 bridgehead atoms. The summed E-state index contributed by atoms with van der Waals surface area (Å²) in [4.78, 5) is 28.0. The van der Waals surface area contributed by atoms with Crippen LogP contribution in [0, 0.1) is 13.8 Å². The highest BCUT2D eigenvalue weighted by Gasteiger charge is 2.41. The Kier molecular flexibility index (Phi) is 4.95. The van der Waals surface area contributed by atoms with Crippen molar-refractivity contribution in [2.45, 2.75) is 13.8 Å². The summed E-state index contributed by atoms with van der Waals surface area (Å²) >= 11 is 6.25. The molecule has 4 rings (SSSR count). The number of anilines is 2. The number of carbonyl (C=O) groups excluding carboxylic acids is 2. The van der Waals surface area contributed by atoms with Gasteiger partial charge in [-0.2, -0.15) is 0 Å². The molecule has 0 atom stereocenters. The standard InChI is InChI=1S/C24H19ClN2O2/c1-15-9-6-7-13-19(15)26-22-21(17-10-4-3-5-11-17)23(28)27(24(22)29)20-14-8-12-18(25)16(20)2/h3-14,26H,1-2H3. The molecule has 2 amide bonds. The van der Waals surface area contributed by atoms with Crippen molar-refractivity contribution < 1.29 is 9.59 Å². The van der Waals surface area contributed by atoms with Gasteiger partial charge in [0.1, 0.15) is 5.70 Å². The largest absolute Gasteiger partial charge is 0.350 e. The van der Waals surface area contributed by atoms with Crippen LogP contribution in [0.25, 0.3) is 5.57 Å². The Hall–Kier alpha value is -3.37. The molecule has 1 aliphatic rings. The smallest absolute Gasteiger partial charge is 0.282 e. The van der Waals surface area contributed by atoms with Crippen molar-refractivity contribution in [3.8, 4) is 0 Å². The average molecular weight is 403 g/mol. The van der Waals surface area contributed by atoms with Gasteiger partial charge in [0.25, 0.3) is 11.8 Å². The van der Waals surface area contributed by atoms with Crippen molar-refractivity contribution in [3.63, 3.8) is 0 Å². The molecule has 0 saturated heterocycles. The topological polar surface area (TPSA) is 49.4 Å². The molecule has 1 heterocycles. The normalized spacial score (nSPS) is 14.0. The Morgan fingerprint density at radius 1 is 0.793 bits per heavy atom. The van der Waals surface area contributed by atoms with Gasteiger partial charge in [0.05, 0.1) is 11.3 Å². The molecule has 3 aromatic carbocycles. The quantitative estimate of drug-likeness (QED) is 0.598. The van der Waals surface area contributed by atoms with Gasteiger partial charge in [-0.05, 0) is 48.7 Å². The molecule has 0 aromatic heterocycles. The molecule has 1 N–H and O–H groups in total. The van der Waals surface area contributed by atoms with Crippen LogP contribution < -0.4 is 10.2 Å². The summed E-state index contributed by atoms with van der Waals surface area (Å²) in [5, 5.41) is 3.71. The van der Waals surface area contributed by atoms with E-state index < -0.39 is 5.91 Å². The Bertz CT molecular complexity index is 1150. The van der Waals surface area contributed by atoms with Gasteiger partial charge in [0, 0.05) is 10.7 Å². The maximum atomic E-state index is 13.4. The highest BCUT2D eigenvalue weighted by Crippen LogP contribution is 2.36. The van der Waals surface area contributed by atoms with Gasteiger partial charge in [0.15, 0.2) is 0 Å². The number of para-hydroxylation sites is 1. The lowest BCUT2D eigenvalue weighted by Crippen LogP contribution is -2.33. The van der Waals surface area contributed by atoms with E-state index in [2.05, 4.69) is 5.32 Å². The van der Waals surface area contributed by atoms with Crippen LogP contribution in [0.3, 0.4) is 0 Å². The second-order valence-corrected chi connectivity index (χ2v) is 7.29. The van der Waals surface area contributed by atoms with E-state index in [0.717, 1.165) is 11.3 Å². The van der Waals surface area contributed by atoms with Crippen molar-refractivity contribution in [2.24, 2.45) is 0 Å². The molecule has 4 nitrogen and oxygen atoms in total.